The third kappa shape index (κ3) is 3.91. The van der Waals surface area contributed by atoms with Gasteiger partial charge in [-0.25, -0.2) is 17.5 Å². The molecular weight excluding hydrogens is 349 g/mol. The Bertz CT molecular complexity index is 967. The standard InChI is InChI=1S/C15H16FN5O3S/c1-9(2)21-25(22,23)11-3-4-13(16)12(8-11)15-18-14(20-24-15)7-10-5-6-17-19-10/h3-6,8-9,21H,7H2,1-2H3,(H,17,19). The SMILES string of the molecule is CC(C)NS(=O)(=O)c1ccc(F)c(-c2nc(Cc3ccn[nH]3)no2)c1. The Balaban J connectivity index is 1.92. The van der Waals surface area contributed by atoms with E-state index in [0.717, 1.165) is 11.8 Å². The summed E-state index contributed by atoms with van der Waals surface area (Å²) in [6.45, 7) is 3.39. The van der Waals surface area contributed by atoms with Crippen molar-refractivity contribution >= 4 is 10.0 Å². The minimum atomic E-state index is -3.76. The number of hydrogen-bond acceptors (Lipinski definition) is 6. The molecule has 132 valence electrons. The monoisotopic (exact) mass is 365 g/mol. The van der Waals surface area contributed by atoms with Crippen molar-refractivity contribution in [1.82, 2.24) is 25.1 Å². The van der Waals surface area contributed by atoms with Crippen LogP contribution in [0.5, 0.6) is 0 Å². The average molecular weight is 365 g/mol. The molecule has 2 N–H and O–H groups in total. The van der Waals surface area contributed by atoms with Crippen molar-refractivity contribution in [3.05, 3.63) is 47.8 Å². The highest BCUT2D eigenvalue weighted by Gasteiger charge is 2.20. The molecule has 0 spiro atoms. The van der Waals surface area contributed by atoms with Crippen molar-refractivity contribution in [3.63, 3.8) is 0 Å². The Morgan fingerprint density at radius 3 is 2.80 bits per heavy atom. The van der Waals surface area contributed by atoms with Crippen LogP contribution in [0.25, 0.3) is 11.5 Å². The maximum Gasteiger partial charge on any atom is 0.260 e. The number of hydrogen-bond donors (Lipinski definition) is 2. The molecular formula is C15H16FN5O3S. The predicted octanol–water partition coefficient (Wildman–Crippen LogP) is 1.88. The zero-order valence-corrected chi connectivity index (χ0v) is 14.3. The Kier molecular flexibility index (Phi) is 4.64. The van der Waals surface area contributed by atoms with Crippen LogP contribution < -0.4 is 4.72 Å². The largest absolute Gasteiger partial charge is 0.334 e. The number of halogens is 1. The molecule has 10 heteroatoms. The minimum Gasteiger partial charge on any atom is -0.334 e. The van der Waals surface area contributed by atoms with Gasteiger partial charge in [-0.3, -0.25) is 5.10 Å². The van der Waals surface area contributed by atoms with Crippen LogP contribution in [-0.2, 0) is 16.4 Å². The molecule has 0 atom stereocenters. The second kappa shape index (κ2) is 6.73. The van der Waals surface area contributed by atoms with E-state index in [2.05, 4.69) is 25.1 Å². The van der Waals surface area contributed by atoms with E-state index in [-0.39, 0.29) is 22.4 Å². The molecule has 0 saturated heterocycles. The van der Waals surface area contributed by atoms with Gasteiger partial charge in [0.15, 0.2) is 5.82 Å². The van der Waals surface area contributed by atoms with E-state index in [9.17, 15) is 12.8 Å². The van der Waals surface area contributed by atoms with Gasteiger partial charge < -0.3 is 4.52 Å². The number of sulfonamides is 1. The average Bonchev–Trinajstić information content (AvgIpc) is 3.18. The molecule has 0 aliphatic rings. The number of nitrogens with zero attached hydrogens (tertiary/aromatic N) is 3. The second-order valence-corrected chi connectivity index (χ2v) is 7.41. The van der Waals surface area contributed by atoms with Gasteiger partial charge in [0.25, 0.3) is 5.89 Å². The fraction of sp³-hybridized carbons (Fsp3) is 0.267. The molecule has 0 fully saturated rings. The first-order chi connectivity index (χ1) is 11.8. The van der Waals surface area contributed by atoms with Gasteiger partial charge >= 0.3 is 0 Å². The number of aromatic amines is 1. The first-order valence-corrected chi connectivity index (χ1v) is 8.96. The quantitative estimate of drug-likeness (QED) is 0.689. The number of nitrogens with one attached hydrogen (secondary N) is 2. The number of aromatic nitrogens is 4. The lowest BCUT2D eigenvalue weighted by Crippen LogP contribution is -2.30. The van der Waals surface area contributed by atoms with E-state index in [0.29, 0.717) is 12.2 Å². The Morgan fingerprint density at radius 1 is 1.32 bits per heavy atom. The molecule has 25 heavy (non-hydrogen) atoms. The molecule has 3 rings (SSSR count). The summed E-state index contributed by atoms with van der Waals surface area (Å²) in [6.07, 6.45) is 1.92. The maximum atomic E-state index is 14.1. The highest BCUT2D eigenvalue weighted by atomic mass is 32.2. The van der Waals surface area contributed by atoms with E-state index < -0.39 is 15.8 Å². The van der Waals surface area contributed by atoms with Gasteiger partial charge in [-0.05, 0) is 38.1 Å². The molecule has 0 amide bonds. The van der Waals surface area contributed by atoms with Crippen LogP contribution in [0.1, 0.15) is 25.4 Å². The molecule has 2 heterocycles. The lowest BCUT2D eigenvalue weighted by atomic mass is 10.2. The van der Waals surface area contributed by atoms with Gasteiger partial charge in [0.05, 0.1) is 16.9 Å². The summed E-state index contributed by atoms with van der Waals surface area (Å²) in [5, 5.41) is 10.4. The van der Waals surface area contributed by atoms with Crippen LogP contribution in [0.3, 0.4) is 0 Å². The van der Waals surface area contributed by atoms with Crippen LogP contribution in [0.4, 0.5) is 4.39 Å². The number of H-pyrrole nitrogens is 1. The highest BCUT2D eigenvalue weighted by Crippen LogP contribution is 2.25. The van der Waals surface area contributed by atoms with Gasteiger partial charge in [-0.2, -0.15) is 10.1 Å². The van der Waals surface area contributed by atoms with Crippen molar-refractivity contribution in [1.29, 1.82) is 0 Å². The summed E-state index contributed by atoms with van der Waals surface area (Å²) >= 11 is 0. The second-order valence-electron chi connectivity index (χ2n) is 5.69. The molecule has 0 radical (unpaired) electrons. The zero-order chi connectivity index (χ0) is 18.0. The molecule has 2 aromatic heterocycles. The van der Waals surface area contributed by atoms with Crippen molar-refractivity contribution in [2.45, 2.75) is 31.2 Å². The number of benzene rings is 1. The third-order valence-corrected chi connectivity index (χ3v) is 4.90. The van der Waals surface area contributed by atoms with Crippen LogP contribution in [0, 0.1) is 5.82 Å². The molecule has 0 aliphatic heterocycles. The van der Waals surface area contributed by atoms with Gasteiger partial charge in [0.2, 0.25) is 10.0 Å². The third-order valence-electron chi connectivity index (χ3n) is 3.24. The summed E-state index contributed by atoms with van der Waals surface area (Å²) in [4.78, 5) is 4.04. The van der Waals surface area contributed by atoms with Crippen molar-refractivity contribution in [3.8, 4) is 11.5 Å². The Labute approximate surface area is 143 Å². The van der Waals surface area contributed by atoms with Gasteiger partial charge in [0.1, 0.15) is 5.82 Å². The normalized spacial score (nSPS) is 12.0. The van der Waals surface area contributed by atoms with E-state index in [1.807, 2.05) is 0 Å². The maximum absolute atomic E-state index is 14.1. The van der Waals surface area contributed by atoms with Crippen molar-refractivity contribution in [2.75, 3.05) is 0 Å². The predicted molar refractivity (Wildman–Crippen MR) is 86.5 cm³/mol. The van der Waals surface area contributed by atoms with E-state index in [1.54, 1.807) is 26.1 Å². The smallest absolute Gasteiger partial charge is 0.260 e. The Hall–Kier alpha value is -2.59. The Morgan fingerprint density at radius 2 is 2.12 bits per heavy atom. The minimum absolute atomic E-state index is 0.0741. The topological polar surface area (TPSA) is 114 Å². The summed E-state index contributed by atoms with van der Waals surface area (Å²) in [7, 11) is -3.76. The number of rotatable bonds is 6. The van der Waals surface area contributed by atoms with Crippen molar-refractivity contribution in [2.24, 2.45) is 0 Å². The van der Waals surface area contributed by atoms with Gasteiger partial charge in [-0.15, -0.1) is 0 Å². The van der Waals surface area contributed by atoms with Crippen LogP contribution in [0.2, 0.25) is 0 Å². The fourth-order valence-electron chi connectivity index (χ4n) is 2.20. The lowest BCUT2D eigenvalue weighted by molar-refractivity contribution is 0.421. The molecule has 8 nitrogen and oxygen atoms in total. The first-order valence-electron chi connectivity index (χ1n) is 7.48. The van der Waals surface area contributed by atoms with E-state index in [4.69, 9.17) is 4.52 Å². The summed E-state index contributed by atoms with van der Waals surface area (Å²) in [5.41, 5.74) is 0.695. The van der Waals surface area contributed by atoms with Gasteiger partial charge in [0, 0.05) is 17.9 Å². The lowest BCUT2D eigenvalue weighted by Gasteiger charge is -2.10. The summed E-state index contributed by atoms with van der Waals surface area (Å²) in [6, 6.07) is 4.88. The molecule has 0 bridgehead atoms. The fourth-order valence-corrected chi connectivity index (χ4v) is 3.48. The summed E-state index contributed by atoms with van der Waals surface area (Å²) in [5.74, 6) is -0.416. The molecule has 0 saturated carbocycles. The summed E-state index contributed by atoms with van der Waals surface area (Å²) < 4.78 is 46.1. The van der Waals surface area contributed by atoms with Crippen LogP contribution in [-0.4, -0.2) is 34.8 Å². The van der Waals surface area contributed by atoms with Crippen molar-refractivity contribution < 1.29 is 17.3 Å². The molecule has 3 aromatic rings. The van der Waals surface area contributed by atoms with Gasteiger partial charge in [-0.1, -0.05) is 5.16 Å². The zero-order valence-electron chi connectivity index (χ0n) is 13.5. The molecule has 0 aliphatic carbocycles. The van der Waals surface area contributed by atoms with Crippen LogP contribution in [0.15, 0.2) is 39.9 Å². The highest BCUT2D eigenvalue weighted by molar-refractivity contribution is 7.89. The first kappa shape index (κ1) is 17.2. The molecule has 0 unspecified atom stereocenters. The molecule has 1 aromatic carbocycles. The van der Waals surface area contributed by atoms with E-state index in [1.165, 1.54) is 12.1 Å². The van der Waals surface area contributed by atoms with Crippen LogP contribution >= 0.6 is 0 Å². The van der Waals surface area contributed by atoms with E-state index >= 15 is 0 Å².